The van der Waals surface area contributed by atoms with Crippen LogP contribution in [0.25, 0.3) is 0 Å². The highest BCUT2D eigenvalue weighted by Gasteiger charge is 2.34. The molecule has 2 aliphatic rings. The number of carbonyl (C=O) groups excluding carboxylic acids is 3. The van der Waals surface area contributed by atoms with Gasteiger partial charge >= 0.3 is 18.1 Å². The first-order valence-electron chi connectivity index (χ1n) is 11.8. The first-order chi connectivity index (χ1) is 16.1. The highest BCUT2D eigenvalue weighted by molar-refractivity contribution is 5.95. The van der Waals surface area contributed by atoms with Crippen molar-refractivity contribution in [3.63, 3.8) is 0 Å². The lowest BCUT2D eigenvalue weighted by Gasteiger charge is -2.32. The molecular weight excluding hydrogens is 436 g/mol. The minimum absolute atomic E-state index is 0.235. The predicted molar refractivity (Wildman–Crippen MR) is 128 cm³/mol. The topological polar surface area (TPSA) is 100 Å². The maximum atomic E-state index is 13.0. The number of aryl methyl sites for hydroxylation is 1. The number of esters is 1. The Morgan fingerprint density at radius 3 is 2.44 bits per heavy atom. The average Bonchev–Trinajstić information content (AvgIpc) is 2.98. The molecule has 2 aliphatic heterocycles. The third kappa shape index (κ3) is 6.72. The molecule has 2 N–H and O–H groups in total. The van der Waals surface area contributed by atoms with E-state index in [1.165, 1.54) is 0 Å². The minimum Gasteiger partial charge on any atom is -0.463 e. The molecule has 0 saturated carbocycles. The van der Waals surface area contributed by atoms with E-state index in [1.807, 2.05) is 52.0 Å². The SMILES string of the molecule is CCOC(=O)C1=C(CN2CCCN(C(=O)OC(C)(C)C)CC2)NC(=O)N[C@H]1c1ccc(C)cc1. The molecule has 0 aliphatic carbocycles. The Morgan fingerprint density at radius 1 is 1.09 bits per heavy atom. The fourth-order valence-electron chi connectivity index (χ4n) is 4.06. The van der Waals surface area contributed by atoms with Crippen molar-refractivity contribution in [1.29, 1.82) is 0 Å². The van der Waals surface area contributed by atoms with Crippen LogP contribution < -0.4 is 10.6 Å². The van der Waals surface area contributed by atoms with E-state index in [9.17, 15) is 14.4 Å². The van der Waals surface area contributed by atoms with E-state index >= 15 is 0 Å². The predicted octanol–water partition coefficient (Wildman–Crippen LogP) is 3.11. The number of urea groups is 1. The molecule has 1 saturated heterocycles. The van der Waals surface area contributed by atoms with Crippen molar-refractivity contribution < 1.29 is 23.9 Å². The van der Waals surface area contributed by atoms with Crippen LogP contribution in [0, 0.1) is 6.92 Å². The Balaban J connectivity index is 1.82. The summed E-state index contributed by atoms with van der Waals surface area (Å²) < 4.78 is 10.9. The van der Waals surface area contributed by atoms with Gasteiger partial charge in [-0.2, -0.15) is 0 Å². The van der Waals surface area contributed by atoms with Crippen molar-refractivity contribution in [1.82, 2.24) is 20.4 Å². The summed E-state index contributed by atoms with van der Waals surface area (Å²) in [6, 6.07) is 6.76. The molecule has 0 aromatic heterocycles. The molecule has 9 heteroatoms. The zero-order chi connectivity index (χ0) is 24.9. The molecule has 1 aromatic carbocycles. The van der Waals surface area contributed by atoms with E-state index in [0.29, 0.717) is 37.4 Å². The maximum Gasteiger partial charge on any atom is 0.410 e. The van der Waals surface area contributed by atoms with Crippen LogP contribution in [0.2, 0.25) is 0 Å². The van der Waals surface area contributed by atoms with Crippen molar-refractivity contribution in [2.24, 2.45) is 0 Å². The summed E-state index contributed by atoms with van der Waals surface area (Å²) in [5.74, 6) is -0.458. The molecule has 0 bridgehead atoms. The lowest BCUT2D eigenvalue weighted by atomic mass is 9.94. The highest BCUT2D eigenvalue weighted by Crippen LogP contribution is 2.28. The maximum absolute atomic E-state index is 13.0. The standard InChI is InChI=1S/C25H36N4O5/c1-6-33-22(30)20-19(26-23(31)27-21(20)18-10-8-17(2)9-11-18)16-28-12-7-13-29(15-14-28)24(32)34-25(3,4)5/h8-11,21H,6-7,12-16H2,1-5H3,(H2,26,27,31)/t21-/m0/s1. The van der Waals surface area contributed by atoms with Crippen LogP contribution in [0.4, 0.5) is 9.59 Å². The van der Waals surface area contributed by atoms with Crippen molar-refractivity contribution in [3.8, 4) is 0 Å². The van der Waals surface area contributed by atoms with Gasteiger partial charge in [-0.1, -0.05) is 29.8 Å². The molecule has 9 nitrogen and oxygen atoms in total. The zero-order valence-corrected chi connectivity index (χ0v) is 20.8. The Morgan fingerprint density at radius 2 is 1.79 bits per heavy atom. The van der Waals surface area contributed by atoms with Gasteiger partial charge in [-0.05, 0) is 46.6 Å². The number of nitrogens with zero attached hydrogens (tertiary/aromatic N) is 2. The fraction of sp³-hybridized carbons (Fsp3) is 0.560. The van der Waals surface area contributed by atoms with Gasteiger partial charge in [-0.25, -0.2) is 14.4 Å². The largest absolute Gasteiger partial charge is 0.463 e. The van der Waals surface area contributed by atoms with Gasteiger partial charge < -0.3 is 25.0 Å². The monoisotopic (exact) mass is 472 g/mol. The number of nitrogens with one attached hydrogen (secondary N) is 2. The summed E-state index contributed by atoms with van der Waals surface area (Å²) >= 11 is 0. The molecule has 3 rings (SSSR count). The number of rotatable bonds is 5. The summed E-state index contributed by atoms with van der Waals surface area (Å²) in [5, 5.41) is 5.70. The molecule has 34 heavy (non-hydrogen) atoms. The molecule has 1 fully saturated rings. The Hall–Kier alpha value is -3.07. The third-order valence-corrected chi connectivity index (χ3v) is 5.68. The van der Waals surface area contributed by atoms with Crippen molar-refractivity contribution >= 4 is 18.1 Å². The molecule has 0 radical (unpaired) electrons. The lowest BCUT2D eigenvalue weighted by molar-refractivity contribution is -0.139. The van der Waals surface area contributed by atoms with E-state index in [1.54, 1.807) is 11.8 Å². The molecule has 2 heterocycles. The number of hydrogen-bond donors (Lipinski definition) is 2. The molecule has 186 valence electrons. The van der Waals surface area contributed by atoms with E-state index < -0.39 is 17.6 Å². The van der Waals surface area contributed by atoms with Crippen LogP contribution in [0.5, 0.6) is 0 Å². The Labute approximate surface area is 201 Å². The Kier molecular flexibility index (Phi) is 8.19. The quantitative estimate of drug-likeness (QED) is 0.639. The molecule has 1 atom stereocenters. The van der Waals surface area contributed by atoms with Gasteiger partial charge in [0.1, 0.15) is 5.60 Å². The third-order valence-electron chi connectivity index (χ3n) is 5.68. The zero-order valence-electron chi connectivity index (χ0n) is 20.8. The average molecular weight is 473 g/mol. The van der Waals surface area contributed by atoms with E-state index in [-0.39, 0.29) is 18.7 Å². The van der Waals surface area contributed by atoms with Crippen LogP contribution in [-0.2, 0) is 14.3 Å². The number of amides is 3. The minimum atomic E-state index is -0.603. The second-order valence-electron chi connectivity index (χ2n) is 9.65. The molecule has 0 unspecified atom stereocenters. The van der Waals surface area contributed by atoms with Crippen LogP contribution in [-0.4, -0.2) is 72.8 Å². The van der Waals surface area contributed by atoms with E-state index in [0.717, 1.165) is 24.1 Å². The summed E-state index contributed by atoms with van der Waals surface area (Å²) in [4.78, 5) is 41.9. The normalized spacial score (nSPS) is 19.7. The van der Waals surface area contributed by atoms with Gasteiger partial charge in [0.2, 0.25) is 0 Å². The van der Waals surface area contributed by atoms with Gasteiger partial charge in [0.15, 0.2) is 0 Å². The summed E-state index contributed by atoms with van der Waals surface area (Å²) in [7, 11) is 0. The number of ether oxygens (including phenoxy) is 2. The van der Waals surface area contributed by atoms with Gasteiger partial charge in [0, 0.05) is 38.4 Å². The van der Waals surface area contributed by atoms with Crippen molar-refractivity contribution in [2.45, 2.75) is 52.7 Å². The smallest absolute Gasteiger partial charge is 0.410 e. The second kappa shape index (κ2) is 10.9. The first kappa shape index (κ1) is 25.6. The van der Waals surface area contributed by atoms with Gasteiger partial charge in [-0.3, -0.25) is 4.90 Å². The van der Waals surface area contributed by atoms with E-state index in [2.05, 4.69) is 15.5 Å². The van der Waals surface area contributed by atoms with Crippen LogP contribution >= 0.6 is 0 Å². The summed E-state index contributed by atoms with van der Waals surface area (Å²) in [6.07, 6.45) is 0.435. The second-order valence-corrected chi connectivity index (χ2v) is 9.65. The van der Waals surface area contributed by atoms with Crippen molar-refractivity contribution in [3.05, 3.63) is 46.7 Å². The lowest BCUT2D eigenvalue weighted by Crippen LogP contribution is -2.49. The fourth-order valence-corrected chi connectivity index (χ4v) is 4.06. The van der Waals surface area contributed by atoms with Crippen LogP contribution in [0.1, 0.15) is 51.3 Å². The highest BCUT2D eigenvalue weighted by atomic mass is 16.6. The van der Waals surface area contributed by atoms with Crippen LogP contribution in [0.15, 0.2) is 35.5 Å². The number of benzene rings is 1. The number of carbonyl (C=O) groups is 3. The molecule has 3 amide bonds. The van der Waals surface area contributed by atoms with Gasteiger partial charge in [0.05, 0.1) is 18.2 Å². The molecule has 1 aromatic rings. The van der Waals surface area contributed by atoms with Gasteiger partial charge in [-0.15, -0.1) is 0 Å². The summed E-state index contributed by atoms with van der Waals surface area (Å²) in [6.45, 7) is 12.3. The van der Waals surface area contributed by atoms with Gasteiger partial charge in [0.25, 0.3) is 0 Å². The van der Waals surface area contributed by atoms with Crippen molar-refractivity contribution in [2.75, 3.05) is 39.3 Å². The molecular formula is C25H36N4O5. The Bertz CT molecular complexity index is 936. The summed E-state index contributed by atoms with van der Waals surface area (Å²) in [5.41, 5.74) is 2.28. The first-order valence-corrected chi connectivity index (χ1v) is 11.8. The number of hydrogen-bond acceptors (Lipinski definition) is 6. The van der Waals surface area contributed by atoms with Crippen LogP contribution in [0.3, 0.4) is 0 Å². The van der Waals surface area contributed by atoms with E-state index in [4.69, 9.17) is 9.47 Å². The molecule has 0 spiro atoms.